The highest BCUT2D eigenvalue weighted by atomic mass is 35.5. The summed E-state index contributed by atoms with van der Waals surface area (Å²) in [6.45, 7) is 1.72. The highest BCUT2D eigenvalue weighted by molar-refractivity contribution is 7.99. The molecule has 33 heavy (non-hydrogen) atoms. The number of hydrogen-bond donors (Lipinski definition) is 2. The normalized spacial score (nSPS) is 11.7. The van der Waals surface area contributed by atoms with Gasteiger partial charge in [0.05, 0.1) is 11.5 Å². The SMILES string of the molecule is C[C@H](SCc1ccccc1)C(=O)N/N=C\c1ccc(OCC(=O)Nc2cccc(Cl)c2)cc1. The smallest absolute Gasteiger partial charge is 0.262 e. The molecule has 0 heterocycles. The molecule has 6 nitrogen and oxygen atoms in total. The zero-order valence-electron chi connectivity index (χ0n) is 18.0. The van der Waals surface area contributed by atoms with Gasteiger partial charge >= 0.3 is 0 Å². The van der Waals surface area contributed by atoms with E-state index < -0.39 is 0 Å². The minimum Gasteiger partial charge on any atom is -0.484 e. The minimum absolute atomic E-state index is 0.130. The minimum atomic E-state index is -0.287. The van der Waals surface area contributed by atoms with E-state index in [1.807, 2.05) is 37.3 Å². The van der Waals surface area contributed by atoms with Gasteiger partial charge in [0.2, 0.25) is 0 Å². The number of hydrazone groups is 1. The molecule has 0 saturated carbocycles. The van der Waals surface area contributed by atoms with Crippen LogP contribution in [-0.2, 0) is 15.3 Å². The van der Waals surface area contributed by atoms with Crippen molar-refractivity contribution in [2.75, 3.05) is 11.9 Å². The second-order valence-electron chi connectivity index (χ2n) is 7.09. The zero-order valence-corrected chi connectivity index (χ0v) is 19.6. The molecule has 3 aromatic rings. The third kappa shape index (κ3) is 8.63. The number of anilines is 1. The molecule has 0 aliphatic rings. The lowest BCUT2D eigenvalue weighted by atomic mass is 10.2. The Labute approximate surface area is 202 Å². The van der Waals surface area contributed by atoms with E-state index in [2.05, 4.69) is 15.8 Å². The van der Waals surface area contributed by atoms with E-state index in [1.165, 1.54) is 5.56 Å². The summed E-state index contributed by atoms with van der Waals surface area (Å²) in [5.41, 5.74) is 5.14. The van der Waals surface area contributed by atoms with Gasteiger partial charge in [0.1, 0.15) is 5.75 Å². The van der Waals surface area contributed by atoms with Gasteiger partial charge in [-0.1, -0.05) is 48.0 Å². The second-order valence-corrected chi connectivity index (χ2v) is 8.85. The Bertz CT molecular complexity index is 1090. The lowest BCUT2D eigenvalue weighted by Crippen LogP contribution is -2.26. The molecule has 3 rings (SSSR count). The Morgan fingerprint density at radius 1 is 1.06 bits per heavy atom. The first-order chi connectivity index (χ1) is 16.0. The number of benzene rings is 3. The van der Waals surface area contributed by atoms with Crippen molar-refractivity contribution in [2.45, 2.75) is 17.9 Å². The summed E-state index contributed by atoms with van der Waals surface area (Å²) < 4.78 is 5.50. The molecular formula is C25H24ClN3O3S. The third-order valence-electron chi connectivity index (χ3n) is 4.46. The Morgan fingerprint density at radius 3 is 2.55 bits per heavy atom. The summed E-state index contributed by atoms with van der Waals surface area (Å²) in [6.07, 6.45) is 1.56. The first-order valence-electron chi connectivity index (χ1n) is 10.3. The van der Waals surface area contributed by atoms with Crippen LogP contribution in [0.4, 0.5) is 5.69 Å². The average Bonchev–Trinajstić information content (AvgIpc) is 2.82. The molecule has 2 amide bonds. The number of amides is 2. The van der Waals surface area contributed by atoms with Gasteiger partial charge in [0, 0.05) is 16.5 Å². The van der Waals surface area contributed by atoms with Crippen molar-refractivity contribution in [2.24, 2.45) is 5.10 Å². The van der Waals surface area contributed by atoms with Crippen LogP contribution in [0.2, 0.25) is 5.02 Å². The third-order valence-corrected chi connectivity index (χ3v) is 5.91. The summed E-state index contributed by atoms with van der Waals surface area (Å²) in [4.78, 5) is 24.2. The summed E-state index contributed by atoms with van der Waals surface area (Å²) in [7, 11) is 0. The molecular weight excluding hydrogens is 458 g/mol. The Hall–Kier alpha value is -3.29. The topological polar surface area (TPSA) is 79.8 Å². The predicted octanol–water partition coefficient (Wildman–Crippen LogP) is 5.13. The van der Waals surface area contributed by atoms with Crippen LogP contribution < -0.4 is 15.5 Å². The number of rotatable bonds is 10. The van der Waals surface area contributed by atoms with Gasteiger partial charge in [-0.2, -0.15) is 5.10 Å². The number of nitrogens with one attached hydrogen (secondary N) is 2. The highest BCUT2D eigenvalue weighted by Crippen LogP contribution is 2.18. The van der Waals surface area contributed by atoms with E-state index in [-0.39, 0.29) is 23.7 Å². The van der Waals surface area contributed by atoms with Crippen LogP contribution >= 0.6 is 23.4 Å². The van der Waals surface area contributed by atoms with Crippen LogP contribution in [0.5, 0.6) is 5.75 Å². The Morgan fingerprint density at radius 2 is 1.82 bits per heavy atom. The van der Waals surface area contributed by atoms with Crippen LogP contribution in [0.15, 0.2) is 84.0 Å². The molecule has 0 saturated heterocycles. The molecule has 2 N–H and O–H groups in total. The van der Waals surface area contributed by atoms with Crippen molar-refractivity contribution in [3.05, 3.63) is 95.0 Å². The molecule has 1 atom stereocenters. The van der Waals surface area contributed by atoms with Crippen LogP contribution in [0, 0.1) is 0 Å². The van der Waals surface area contributed by atoms with Crippen LogP contribution in [0.1, 0.15) is 18.1 Å². The van der Waals surface area contributed by atoms with Gasteiger partial charge in [-0.15, -0.1) is 11.8 Å². The zero-order chi connectivity index (χ0) is 23.5. The maximum Gasteiger partial charge on any atom is 0.262 e. The van der Waals surface area contributed by atoms with Crippen molar-refractivity contribution in [3.63, 3.8) is 0 Å². The van der Waals surface area contributed by atoms with E-state index in [0.717, 1.165) is 11.3 Å². The van der Waals surface area contributed by atoms with Gasteiger partial charge in [-0.25, -0.2) is 5.43 Å². The van der Waals surface area contributed by atoms with Gasteiger partial charge in [0.15, 0.2) is 6.61 Å². The summed E-state index contributed by atoms with van der Waals surface area (Å²) in [6, 6.07) is 23.9. The standard InChI is InChI=1S/C25H24ClN3O3S/c1-18(33-17-20-6-3-2-4-7-20)25(31)29-27-15-19-10-12-23(13-11-19)32-16-24(30)28-22-9-5-8-21(26)14-22/h2-15,18H,16-17H2,1H3,(H,28,30)(H,29,31)/b27-15-/t18-/m0/s1. The predicted molar refractivity (Wildman–Crippen MR) is 135 cm³/mol. The molecule has 8 heteroatoms. The van der Waals surface area contributed by atoms with Crippen LogP contribution in [0.3, 0.4) is 0 Å². The fourth-order valence-corrected chi connectivity index (χ4v) is 3.72. The number of ether oxygens (including phenoxy) is 1. The molecule has 3 aromatic carbocycles. The molecule has 0 unspecified atom stereocenters. The number of thioether (sulfide) groups is 1. The molecule has 0 spiro atoms. The number of carbonyl (C=O) groups is 2. The van der Waals surface area contributed by atoms with E-state index >= 15 is 0 Å². The van der Waals surface area contributed by atoms with E-state index in [4.69, 9.17) is 16.3 Å². The molecule has 0 bridgehead atoms. The van der Waals surface area contributed by atoms with Crippen LogP contribution in [0.25, 0.3) is 0 Å². The van der Waals surface area contributed by atoms with Gasteiger partial charge < -0.3 is 10.1 Å². The van der Waals surface area contributed by atoms with Gasteiger partial charge in [-0.3, -0.25) is 9.59 Å². The molecule has 0 aromatic heterocycles. The van der Waals surface area contributed by atoms with E-state index in [9.17, 15) is 9.59 Å². The summed E-state index contributed by atoms with van der Waals surface area (Å²) in [5, 5.41) is 7.06. The number of nitrogens with zero attached hydrogens (tertiary/aromatic N) is 1. The maximum absolute atomic E-state index is 12.2. The summed E-state index contributed by atoms with van der Waals surface area (Å²) >= 11 is 7.46. The molecule has 0 aliphatic carbocycles. The fourth-order valence-electron chi connectivity index (χ4n) is 2.69. The van der Waals surface area contributed by atoms with Crippen molar-refractivity contribution in [1.82, 2.24) is 5.43 Å². The van der Waals surface area contributed by atoms with E-state index in [1.54, 1.807) is 66.5 Å². The Kier molecular flexibility index (Phi) is 9.35. The number of halogens is 1. The van der Waals surface area contributed by atoms with Crippen LogP contribution in [-0.4, -0.2) is 29.9 Å². The van der Waals surface area contributed by atoms with Gasteiger partial charge in [-0.05, 0) is 60.5 Å². The van der Waals surface area contributed by atoms with Gasteiger partial charge in [0.25, 0.3) is 11.8 Å². The maximum atomic E-state index is 12.2. The van der Waals surface area contributed by atoms with Crippen molar-refractivity contribution >= 4 is 47.1 Å². The monoisotopic (exact) mass is 481 g/mol. The quantitative estimate of drug-likeness (QED) is 0.311. The summed E-state index contributed by atoms with van der Waals surface area (Å²) in [5.74, 6) is 0.864. The first kappa shape index (κ1) is 24.4. The van der Waals surface area contributed by atoms with Crippen molar-refractivity contribution in [3.8, 4) is 5.75 Å². The lowest BCUT2D eigenvalue weighted by molar-refractivity contribution is -0.120. The fraction of sp³-hybridized carbons (Fsp3) is 0.160. The number of hydrogen-bond acceptors (Lipinski definition) is 5. The van der Waals surface area contributed by atoms with E-state index in [0.29, 0.717) is 16.5 Å². The number of carbonyl (C=O) groups excluding carboxylic acids is 2. The second kappa shape index (κ2) is 12.7. The highest BCUT2D eigenvalue weighted by Gasteiger charge is 2.12. The molecule has 170 valence electrons. The Balaban J connectivity index is 1.39. The lowest BCUT2D eigenvalue weighted by Gasteiger charge is -2.09. The average molecular weight is 482 g/mol. The first-order valence-corrected chi connectivity index (χ1v) is 11.7. The van der Waals surface area contributed by atoms with Crippen molar-refractivity contribution < 1.29 is 14.3 Å². The molecule has 0 radical (unpaired) electrons. The molecule has 0 fully saturated rings. The van der Waals surface area contributed by atoms with Crippen molar-refractivity contribution in [1.29, 1.82) is 0 Å². The largest absolute Gasteiger partial charge is 0.484 e. The molecule has 0 aliphatic heterocycles.